The molecule has 1 unspecified atom stereocenters. The molecule has 122 valence electrons. The number of hydrogen-bond donors (Lipinski definition) is 1. The molecule has 1 saturated heterocycles. The summed E-state index contributed by atoms with van der Waals surface area (Å²) >= 11 is 0. The van der Waals surface area contributed by atoms with Crippen LogP contribution in [0.4, 0.5) is 0 Å². The van der Waals surface area contributed by atoms with Crippen molar-refractivity contribution in [2.24, 2.45) is 0 Å². The Balaban J connectivity index is 1.74. The SMILES string of the molecule is CCCC1CN(C2CCCCCC2)C2(CCCCC2)CN1. The summed E-state index contributed by atoms with van der Waals surface area (Å²) in [7, 11) is 0. The van der Waals surface area contributed by atoms with Gasteiger partial charge in [0.1, 0.15) is 0 Å². The molecule has 2 saturated carbocycles. The zero-order valence-electron chi connectivity index (χ0n) is 14.2. The molecule has 2 heteroatoms. The van der Waals surface area contributed by atoms with Gasteiger partial charge in [-0.05, 0) is 32.1 Å². The maximum atomic E-state index is 3.92. The summed E-state index contributed by atoms with van der Waals surface area (Å²) in [6.45, 7) is 4.94. The molecular weight excluding hydrogens is 256 g/mol. The molecule has 0 bridgehead atoms. The van der Waals surface area contributed by atoms with E-state index in [9.17, 15) is 0 Å². The maximum Gasteiger partial charge on any atom is 0.0337 e. The van der Waals surface area contributed by atoms with Gasteiger partial charge in [-0.3, -0.25) is 4.90 Å². The van der Waals surface area contributed by atoms with Crippen LogP contribution in [-0.4, -0.2) is 35.6 Å². The van der Waals surface area contributed by atoms with Gasteiger partial charge in [-0.2, -0.15) is 0 Å². The molecule has 1 spiro atoms. The largest absolute Gasteiger partial charge is 0.311 e. The van der Waals surface area contributed by atoms with Crippen molar-refractivity contribution in [2.75, 3.05) is 13.1 Å². The van der Waals surface area contributed by atoms with Crippen LogP contribution in [0.2, 0.25) is 0 Å². The molecule has 1 heterocycles. The molecule has 3 aliphatic rings. The van der Waals surface area contributed by atoms with Gasteiger partial charge in [-0.1, -0.05) is 58.3 Å². The van der Waals surface area contributed by atoms with Crippen LogP contribution in [0.3, 0.4) is 0 Å². The van der Waals surface area contributed by atoms with E-state index in [0.29, 0.717) is 5.54 Å². The average molecular weight is 293 g/mol. The average Bonchev–Trinajstić information content (AvgIpc) is 2.80. The first-order chi connectivity index (χ1) is 10.3. The molecule has 0 radical (unpaired) electrons. The highest BCUT2D eigenvalue weighted by Gasteiger charge is 2.44. The van der Waals surface area contributed by atoms with E-state index in [1.165, 1.54) is 96.6 Å². The van der Waals surface area contributed by atoms with E-state index in [4.69, 9.17) is 0 Å². The molecule has 0 amide bonds. The molecular formula is C19H36N2. The summed E-state index contributed by atoms with van der Waals surface area (Å²) < 4.78 is 0. The van der Waals surface area contributed by atoms with Crippen molar-refractivity contribution in [3.63, 3.8) is 0 Å². The van der Waals surface area contributed by atoms with Crippen LogP contribution in [0.1, 0.15) is 90.4 Å². The number of rotatable bonds is 3. The van der Waals surface area contributed by atoms with Crippen LogP contribution in [0, 0.1) is 0 Å². The van der Waals surface area contributed by atoms with Gasteiger partial charge in [0.05, 0.1) is 0 Å². The van der Waals surface area contributed by atoms with E-state index in [-0.39, 0.29) is 0 Å². The molecule has 2 nitrogen and oxygen atoms in total. The minimum absolute atomic E-state index is 0.525. The highest BCUT2D eigenvalue weighted by molar-refractivity contribution is 5.02. The van der Waals surface area contributed by atoms with E-state index >= 15 is 0 Å². The minimum Gasteiger partial charge on any atom is -0.311 e. The van der Waals surface area contributed by atoms with Crippen molar-refractivity contribution in [3.8, 4) is 0 Å². The molecule has 3 fully saturated rings. The van der Waals surface area contributed by atoms with E-state index in [1.807, 2.05) is 0 Å². The lowest BCUT2D eigenvalue weighted by Crippen LogP contribution is -2.67. The zero-order valence-corrected chi connectivity index (χ0v) is 14.2. The van der Waals surface area contributed by atoms with E-state index in [0.717, 1.165) is 12.1 Å². The number of hydrogen-bond acceptors (Lipinski definition) is 2. The van der Waals surface area contributed by atoms with Crippen LogP contribution >= 0.6 is 0 Å². The van der Waals surface area contributed by atoms with Gasteiger partial charge >= 0.3 is 0 Å². The van der Waals surface area contributed by atoms with Crippen LogP contribution in [0.15, 0.2) is 0 Å². The Morgan fingerprint density at radius 1 is 0.952 bits per heavy atom. The number of nitrogens with one attached hydrogen (secondary N) is 1. The summed E-state index contributed by atoms with van der Waals surface area (Å²) in [5, 5.41) is 3.92. The Kier molecular flexibility index (Phi) is 5.61. The van der Waals surface area contributed by atoms with Gasteiger partial charge in [-0.15, -0.1) is 0 Å². The van der Waals surface area contributed by atoms with Crippen molar-refractivity contribution in [1.82, 2.24) is 10.2 Å². The highest BCUT2D eigenvalue weighted by Crippen LogP contribution is 2.39. The van der Waals surface area contributed by atoms with E-state index in [1.54, 1.807) is 0 Å². The fourth-order valence-electron chi connectivity index (χ4n) is 5.25. The predicted molar refractivity (Wildman–Crippen MR) is 90.7 cm³/mol. The fourth-order valence-corrected chi connectivity index (χ4v) is 5.25. The van der Waals surface area contributed by atoms with Gasteiger partial charge < -0.3 is 5.32 Å². The fraction of sp³-hybridized carbons (Fsp3) is 1.00. The van der Waals surface area contributed by atoms with Gasteiger partial charge in [0.25, 0.3) is 0 Å². The molecule has 1 aliphatic heterocycles. The standard InChI is InChI=1S/C19H36N2/c1-2-10-17-15-21(18-11-6-3-4-7-12-18)19(16-20-17)13-8-5-9-14-19/h17-18,20H,2-16H2,1H3. The highest BCUT2D eigenvalue weighted by atomic mass is 15.3. The van der Waals surface area contributed by atoms with Crippen molar-refractivity contribution < 1.29 is 0 Å². The Hall–Kier alpha value is -0.0800. The summed E-state index contributed by atoms with van der Waals surface area (Å²) in [6, 6.07) is 1.65. The minimum atomic E-state index is 0.525. The first-order valence-corrected chi connectivity index (χ1v) is 9.84. The summed E-state index contributed by atoms with van der Waals surface area (Å²) in [5.41, 5.74) is 0.525. The lowest BCUT2D eigenvalue weighted by Gasteiger charge is -2.55. The topological polar surface area (TPSA) is 15.3 Å². The molecule has 2 aliphatic carbocycles. The van der Waals surface area contributed by atoms with Gasteiger partial charge in [0, 0.05) is 30.7 Å². The predicted octanol–water partition coefficient (Wildman–Crippen LogP) is 4.49. The van der Waals surface area contributed by atoms with Crippen LogP contribution < -0.4 is 5.32 Å². The second-order valence-corrected chi connectivity index (χ2v) is 7.95. The first-order valence-electron chi connectivity index (χ1n) is 9.84. The second kappa shape index (κ2) is 7.46. The number of piperazine rings is 1. The maximum absolute atomic E-state index is 3.92. The Labute approximate surface area is 132 Å². The van der Waals surface area contributed by atoms with Crippen molar-refractivity contribution in [2.45, 2.75) is 108 Å². The summed E-state index contributed by atoms with van der Waals surface area (Å²) in [6.07, 6.45) is 18.8. The smallest absolute Gasteiger partial charge is 0.0337 e. The molecule has 1 N–H and O–H groups in total. The van der Waals surface area contributed by atoms with Crippen LogP contribution in [-0.2, 0) is 0 Å². The Morgan fingerprint density at radius 3 is 2.29 bits per heavy atom. The molecule has 0 aromatic rings. The normalized spacial score (nSPS) is 32.1. The van der Waals surface area contributed by atoms with Gasteiger partial charge in [0.15, 0.2) is 0 Å². The summed E-state index contributed by atoms with van der Waals surface area (Å²) in [4.78, 5) is 3.04. The second-order valence-electron chi connectivity index (χ2n) is 7.95. The molecule has 0 aromatic carbocycles. The Morgan fingerprint density at radius 2 is 1.62 bits per heavy atom. The lowest BCUT2D eigenvalue weighted by atomic mass is 9.76. The molecule has 21 heavy (non-hydrogen) atoms. The molecule has 3 rings (SSSR count). The van der Waals surface area contributed by atoms with E-state index < -0.39 is 0 Å². The number of nitrogens with zero attached hydrogens (tertiary/aromatic N) is 1. The monoisotopic (exact) mass is 292 g/mol. The van der Waals surface area contributed by atoms with Crippen molar-refractivity contribution in [3.05, 3.63) is 0 Å². The summed E-state index contributed by atoms with van der Waals surface area (Å²) in [5.74, 6) is 0. The Bertz CT molecular complexity index is 301. The third kappa shape index (κ3) is 3.64. The first kappa shape index (κ1) is 15.8. The van der Waals surface area contributed by atoms with Gasteiger partial charge in [-0.25, -0.2) is 0 Å². The van der Waals surface area contributed by atoms with Crippen LogP contribution in [0.25, 0.3) is 0 Å². The third-order valence-electron chi connectivity index (χ3n) is 6.43. The molecule has 1 atom stereocenters. The van der Waals surface area contributed by atoms with E-state index in [2.05, 4.69) is 17.1 Å². The van der Waals surface area contributed by atoms with Crippen molar-refractivity contribution >= 4 is 0 Å². The molecule has 0 aromatic heterocycles. The quantitative estimate of drug-likeness (QED) is 0.771. The van der Waals surface area contributed by atoms with Gasteiger partial charge in [0.2, 0.25) is 0 Å². The lowest BCUT2D eigenvalue weighted by molar-refractivity contribution is -0.0283. The van der Waals surface area contributed by atoms with Crippen molar-refractivity contribution in [1.29, 1.82) is 0 Å². The third-order valence-corrected chi connectivity index (χ3v) is 6.43. The zero-order chi connectivity index (χ0) is 14.5. The van der Waals surface area contributed by atoms with Crippen LogP contribution in [0.5, 0.6) is 0 Å².